The van der Waals surface area contributed by atoms with Crippen molar-refractivity contribution >= 4 is 6.08 Å². The molecule has 1 aromatic rings. The van der Waals surface area contributed by atoms with Gasteiger partial charge >= 0.3 is 5.82 Å². The summed E-state index contributed by atoms with van der Waals surface area (Å²) in [5, 5.41) is 13.1. The monoisotopic (exact) mass is 194 g/mol. The van der Waals surface area contributed by atoms with Crippen LogP contribution in [-0.2, 0) is 0 Å². The van der Waals surface area contributed by atoms with Gasteiger partial charge in [0.1, 0.15) is 12.4 Å². The van der Waals surface area contributed by atoms with Crippen molar-refractivity contribution in [3.8, 4) is 0 Å². The molecule has 0 aliphatic heterocycles. The molecule has 0 unspecified atom stereocenters. The number of hydrogen-bond acceptors (Lipinski definition) is 4. The Labute approximate surface area is 80.5 Å². The van der Waals surface area contributed by atoms with Gasteiger partial charge in [0.2, 0.25) is 0 Å². The van der Waals surface area contributed by atoms with Crippen LogP contribution in [0.15, 0.2) is 30.9 Å². The van der Waals surface area contributed by atoms with Crippen LogP contribution in [-0.4, -0.2) is 21.4 Å². The summed E-state index contributed by atoms with van der Waals surface area (Å²) in [6.07, 6.45) is 5.98. The van der Waals surface area contributed by atoms with E-state index >= 15 is 0 Å². The third kappa shape index (κ3) is 2.74. The zero-order valence-corrected chi connectivity index (χ0v) is 7.43. The summed E-state index contributed by atoms with van der Waals surface area (Å²) in [7, 11) is 0. The molecular weight excluding hydrogens is 184 g/mol. The van der Waals surface area contributed by atoms with E-state index in [1.54, 1.807) is 12.3 Å². The molecule has 0 saturated heterocycles. The number of rotatable bonds is 5. The zero-order valence-electron chi connectivity index (χ0n) is 7.43. The summed E-state index contributed by atoms with van der Waals surface area (Å²) in [5.74, 6) is 0.327. The Balaban J connectivity index is 2.76. The minimum atomic E-state index is -0.508. The second kappa shape index (κ2) is 4.80. The normalized spacial score (nSPS) is 11.0. The summed E-state index contributed by atoms with van der Waals surface area (Å²) in [5.41, 5.74) is 0. The number of imidazole rings is 1. The van der Waals surface area contributed by atoms with Crippen LogP contribution in [0.2, 0.25) is 0 Å². The van der Waals surface area contributed by atoms with Gasteiger partial charge in [-0.05, 0) is 4.92 Å². The van der Waals surface area contributed by atoms with Crippen LogP contribution in [0, 0.1) is 10.1 Å². The molecule has 6 heteroatoms. The first-order valence-electron chi connectivity index (χ1n) is 3.94. The lowest BCUT2D eigenvalue weighted by atomic mass is 10.5. The Morgan fingerprint density at radius 3 is 3.14 bits per heavy atom. The van der Waals surface area contributed by atoms with E-state index in [-0.39, 0.29) is 5.82 Å². The predicted molar refractivity (Wildman–Crippen MR) is 51.8 cm³/mol. The number of H-pyrrole nitrogens is 1. The van der Waals surface area contributed by atoms with E-state index in [2.05, 4.69) is 21.9 Å². The molecule has 0 aromatic carbocycles. The highest BCUT2D eigenvalue weighted by atomic mass is 16.6. The van der Waals surface area contributed by atoms with Gasteiger partial charge in [0.15, 0.2) is 0 Å². The standard InChI is InChI=1S/C8H10N4O2/c1-2-3-11-8(12(13)14)6-7-9-4-5-10-7/h2,4-6,11H,1,3H2,(H,9,10). The Hall–Kier alpha value is -2.11. The van der Waals surface area contributed by atoms with Gasteiger partial charge in [-0.2, -0.15) is 0 Å². The van der Waals surface area contributed by atoms with Crippen LogP contribution in [0.1, 0.15) is 5.82 Å². The maximum absolute atomic E-state index is 10.5. The second-order valence-corrected chi connectivity index (χ2v) is 2.43. The van der Waals surface area contributed by atoms with Gasteiger partial charge in [-0.25, -0.2) is 4.98 Å². The third-order valence-corrected chi connectivity index (χ3v) is 1.42. The molecule has 74 valence electrons. The van der Waals surface area contributed by atoms with Crippen molar-refractivity contribution in [3.63, 3.8) is 0 Å². The van der Waals surface area contributed by atoms with Gasteiger partial charge < -0.3 is 15.1 Å². The number of nitro groups is 1. The fourth-order valence-electron chi connectivity index (χ4n) is 0.831. The fraction of sp³-hybridized carbons (Fsp3) is 0.125. The van der Waals surface area contributed by atoms with E-state index in [1.807, 2.05) is 0 Å². The lowest BCUT2D eigenvalue weighted by Crippen LogP contribution is -2.19. The highest BCUT2D eigenvalue weighted by Crippen LogP contribution is 1.98. The smallest absolute Gasteiger partial charge is 0.320 e. The van der Waals surface area contributed by atoms with Crippen molar-refractivity contribution in [1.29, 1.82) is 0 Å². The molecule has 2 N–H and O–H groups in total. The van der Waals surface area contributed by atoms with E-state index in [0.29, 0.717) is 12.4 Å². The van der Waals surface area contributed by atoms with E-state index in [9.17, 15) is 10.1 Å². The number of aromatic amines is 1. The van der Waals surface area contributed by atoms with Crippen LogP contribution in [0.4, 0.5) is 0 Å². The van der Waals surface area contributed by atoms with E-state index in [0.717, 1.165) is 0 Å². The first-order valence-corrected chi connectivity index (χ1v) is 3.94. The number of aromatic nitrogens is 2. The molecule has 0 saturated carbocycles. The molecule has 0 spiro atoms. The molecule has 6 nitrogen and oxygen atoms in total. The quantitative estimate of drug-likeness (QED) is 0.411. The molecule has 1 aromatic heterocycles. The van der Waals surface area contributed by atoms with Crippen LogP contribution >= 0.6 is 0 Å². The Bertz CT molecular complexity index is 342. The average molecular weight is 194 g/mol. The topological polar surface area (TPSA) is 83.8 Å². The van der Waals surface area contributed by atoms with Crippen LogP contribution in [0.25, 0.3) is 6.08 Å². The number of nitrogens with zero attached hydrogens (tertiary/aromatic N) is 2. The molecule has 1 rings (SSSR count). The fourth-order valence-corrected chi connectivity index (χ4v) is 0.831. The first-order chi connectivity index (χ1) is 6.74. The molecular formula is C8H10N4O2. The Morgan fingerprint density at radius 2 is 2.64 bits per heavy atom. The molecule has 0 bridgehead atoms. The third-order valence-electron chi connectivity index (χ3n) is 1.42. The van der Waals surface area contributed by atoms with E-state index in [4.69, 9.17) is 0 Å². The van der Waals surface area contributed by atoms with Crippen molar-refractivity contribution < 1.29 is 4.92 Å². The minimum Gasteiger partial charge on any atom is -0.358 e. The van der Waals surface area contributed by atoms with Crippen molar-refractivity contribution in [1.82, 2.24) is 15.3 Å². The highest BCUT2D eigenvalue weighted by Gasteiger charge is 2.06. The Morgan fingerprint density at radius 1 is 1.86 bits per heavy atom. The Kier molecular flexibility index (Phi) is 3.42. The second-order valence-electron chi connectivity index (χ2n) is 2.43. The SMILES string of the molecule is C=CCNC(=Cc1ncc[nH]1)[N+](=O)[O-]. The van der Waals surface area contributed by atoms with Crippen LogP contribution in [0.3, 0.4) is 0 Å². The summed E-state index contributed by atoms with van der Waals surface area (Å²) >= 11 is 0. The van der Waals surface area contributed by atoms with E-state index < -0.39 is 4.92 Å². The summed E-state index contributed by atoms with van der Waals surface area (Å²) in [6.45, 7) is 3.79. The molecule has 0 aliphatic rings. The average Bonchev–Trinajstić information content (AvgIpc) is 2.64. The molecule has 1 heterocycles. The largest absolute Gasteiger partial charge is 0.358 e. The van der Waals surface area contributed by atoms with Crippen LogP contribution < -0.4 is 5.32 Å². The van der Waals surface area contributed by atoms with Crippen molar-refractivity contribution in [2.45, 2.75) is 0 Å². The predicted octanol–water partition coefficient (Wildman–Crippen LogP) is 0.760. The van der Waals surface area contributed by atoms with E-state index in [1.165, 1.54) is 12.3 Å². The summed E-state index contributed by atoms with van der Waals surface area (Å²) in [6, 6.07) is 0. The maximum atomic E-state index is 10.5. The molecule has 0 radical (unpaired) electrons. The van der Waals surface area contributed by atoms with Gasteiger partial charge in [-0.15, -0.1) is 0 Å². The van der Waals surface area contributed by atoms with Crippen molar-refractivity contribution in [2.24, 2.45) is 0 Å². The lowest BCUT2D eigenvalue weighted by Gasteiger charge is -1.99. The number of hydrogen-bond donors (Lipinski definition) is 2. The van der Waals surface area contributed by atoms with Gasteiger partial charge in [0.05, 0.1) is 6.08 Å². The highest BCUT2D eigenvalue weighted by molar-refractivity contribution is 5.41. The van der Waals surface area contributed by atoms with Crippen molar-refractivity contribution in [2.75, 3.05) is 6.54 Å². The van der Waals surface area contributed by atoms with Gasteiger partial charge in [0, 0.05) is 12.4 Å². The summed E-state index contributed by atoms with van der Waals surface area (Å²) in [4.78, 5) is 16.6. The first kappa shape index (κ1) is 9.97. The lowest BCUT2D eigenvalue weighted by molar-refractivity contribution is -0.429. The van der Waals surface area contributed by atoms with Gasteiger partial charge in [0.25, 0.3) is 0 Å². The molecule has 0 fully saturated rings. The zero-order chi connectivity index (χ0) is 10.4. The summed E-state index contributed by atoms with van der Waals surface area (Å²) < 4.78 is 0. The maximum Gasteiger partial charge on any atom is 0.320 e. The minimum absolute atomic E-state index is 0.111. The number of nitrogens with one attached hydrogen (secondary N) is 2. The molecule has 0 amide bonds. The molecule has 14 heavy (non-hydrogen) atoms. The van der Waals surface area contributed by atoms with Crippen molar-refractivity contribution in [3.05, 3.63) is 46.8 Å². The van der Waals surface area contributed by atoms with Gasteiger partial charge in [-0.1, -0.05) is 12.7 Å². The van der Waals surface area contributed by atoms with Crippen LogP contribution in [0.5, 0.6) is 0 Å². The molecule has 0 aliphatic carbocycles. The van der Waals surface area contributed by atoms with Gasteiger partial charge in [-0.3, -0.25) is 5.32 Å². The molecule has 0 atom stereocenters.